The average molecular weight is 213 g/mol. The Hall–Kier alpha value is -2.43. The standard InChI is InChI=1S/C11H7N3O2/c15-10-4-5-11(16)14(10)9-7-12-8-3-1-2-6-13(8)9/h1-7H. The van der Waals surface area contributed by atoms with Gasteiger partial charge in [0.1, 0.15) is 11.5 Å². The van der Waals surface area contributed by atoms with Gasteiger partial charge in [-0.15, -0.1) is 0 Å². The topological polar surface area (TPSA) is 54.7 Å². The van der Waals surface area contributed by atoms with E-state index in [4.69, 9.17) is 0 Å². The molecule has 0 spiro atoms. The van der Waals surface area contributed by atoms with Gasteiger partial charge >= 0.3 is 0 Å². The molecule has 0 aliphatic carbocycles. The number of hydrogen-bond donors (Lipinski definition) is 0. The van der Waals surface area contributed by atoms with Gasteiger partial charge in [0.25, 0.3) is 11.8 Å². The van der Waals surface area contributed by atoms with Crippen molar-refractivity contribution in [3.63, 3.8) is 0 Å². The first-order valence-corrected chi connectivity index (χ1v) is 4.75. The fourth-order valence-electron chi connectivity index (χ4n) is 1.71. The van der Waals surface area contributed by atoms with Crippen molar-refractivity contribution in [2.75, 3.05) is 4.90 Å². The number of hydrogen-bond acceptors (Lipinski definition) is 3. The number of aromatic nitrogens is 2. The third-order valence-electron chi connectivity index (χ3n) is 2.44. The Kier molecular flexibility index (Phi) is 1.67. The second-order valence-electron chi connectivity index (χ2n) is 3.39. The maximum atomic E-state index is 11.5. The highest BCUT2D eigenvalue weighted by molar-refractivity contribution is 6.27. The Morgan fingerprint density at radius 3 is 2.56 bits per heavy atom. The van der Waals surface area contributed by atoms with Crippen molar-refractivity contribution >= 4 is 23.3 Å². The van der Waals surface area contributed by atoms with Crippen molar-refractivity contribution in [1.29, 1.82) is 0 Å². The largest absolute Gasteiger partial charge is 0.286 e. The number of fused-ring (bicyclic) bond motifs is 1. The van der Waals surface area contributed by atoms with Crippen molar-refractivity contribution in [2.45, 2.75) is 0 Å². The quantitative estimate of drug-likeness (QED) is 0.657. The molecule has 16 heavy (non-hydrogen) atoms. The van der Waals surface area contributed by atoms with Gasteiger partial charge in [0, 0.05) is 18.3 Å². The molecule has 0 saturated heterocycles. The summed E-state index contributed by atoms with van der Waals surface area (Å²) < 4.78 is 1.70. The van der Waals surface area contributed by atoms with Crippen LogP contribution >= 0.6 is 0 Å². The normalized spacial score (nSPS) is 15.4. The van der Waals surface area contributed by atoms with Crippen molar-refractivity contribution in [1.82, 2.24) is 9.38 Å². The van der Waals surface area contributed by atoms with Gasteiger partial charge in [-0.05, 0) is 12.1 Å². The summed E-state index contributed by atoms with van der Waals surface area (Å²) in [6.45, 7) is 0. The van der Waals surface area contributed by atoms with Crippen molar-refractivity contribution in [3.05, 3.63) is 42.7 Å². The Balaban J connectivity index is 2.20. The number of nitrogens with zero attached hydrogens (tertiary/aromatic N) is 3. The van der Waals surface area contributed by atoms with Crippen LogP contribution in [0.3, 0.4) is 0 Å². The summed E-state index contributed by atoms with van der Waals surface area (Å²) >= 11 is 0. The molecule has 5 nitrogen and oxygen atoms in total. The van der Waals surface area contributed by atoms with E-state index in [1.807, 2.05) is 18.2 Å². The highest BCUT2D eigenvalue weighted by atomic mass is 16.2. The average Bonchev–Trinajstić information content (AvgIpc) is 2.83. The molecule has 0 atom stereocenters. The summed E-state index contributed by atoms with van der Waals surface area (Å²) in [5.74, 6) is -0.207. The van der Waals surface area contributed by atoms with Crippen LogP contribution in [0.1, 0.15) is 0 Å². The molecule has 0 saturated carbocycles. The highest BCUT2D eigenvalue weighted by Gasteiger charge is 2.27. The van der Waals surface area contributed by atoms with Crippen LogP contribution in [0.25, 0.3) is 5.65 Å². The number of imidazole rings is 1. The second-order valence-corrected chi connectivity index (χ2v) is 3.39. The van der Waals surface area contributed by atoms with E-state index in [0.717, 1.165) is 4.90 Å². The fourth-order valence-corrected chi connectivity index (χ4v) is 1.71. The first kappa shape index (κ1) is 8.84. The molecule has 0 bridgehead atoms. The molecule has 1 aliphatic heterocycles. The molecule has 0 fully saturated rings. The molecular formula is C11H7N3O2. The third kappa shape index (κ3) is 1.08. The van der Waals surface area contributed by atoms with Gasteiger partial charge in [-0.1, -0.05) is 6.07 Å². The predicted molar refractivity (Wildman–Crippen MR) is 56.8 cm³/mol. The number of carbonyl (C=O) groups excluding carboxylic acids is 2. The molecule has 0 unspecified atom stereocenters. The van der Waals surface area contributed by atoms with Crippen LogP contribution in [-0.2, 0) is 9.59 Å². The molecule has 3 rings (SSSR count). The van der Waals surface area contributed by atoms with Gasteiger partial charge in [-0.3, -0.25) is 14.0 Å². The minimum Gasteiger partial charge on any atom is -0.286 e. The van der Waals surface area contributed by atoms with Crippen LogP contribution in [-0.4, -0.2) is 21.2 Å². The van der Waals surface area contributed by atoms with Crippen LogP contribution < -0.4 is 4.90 Å². The van der Waals surface area contributed by atoms with E-state index in [0.29, 0.717) is 11.5 Å². The van der Waals surface area contributed by atoms with E-state index in [9.17, 15) is 9.59 Å². The van der Waals surface area contributed by atoms with Crippen LogP contribution in [0.5, 0.6) is 0 Å². The first-order valence-electron chi connectivity index (χ1n) is 4.75. The number of amides is 2. The van der Waals surface area contributed by atoms with Crippen molar-refractivity contribution in [2.24, 2.45) is 0 Å². The number of rotatable bonds is 1. The molecular weight excluding hydrogens is 206 g/mol. The van der Waals surface area contributed by atoms with Crippen molar-refractivity contribution in [3.8, 4) is 0 Å². The zero-order valence-corrected chi connectivity index (χ0v) is 8.20. The lowest BCUT2D eigenvalue weighted by atomic mass is 10.5. The molecule has 0 aromatic carbocycles. The maximum absolute atomic E-state index is 11.5. The summed E-state index contributed by atoms with van der Waals surface area (Å²) in [4.78, 5) is 28.2. The summed E-state index contributed by atoms with van der Waals surface area (Å²) in [6, 6.07) is 5.47. The minimum atomic E-state index is -0.337. The van der Waals surface area contributed by atoms with Gasteiger partial charge in [-0.2, -0.15) is 0 Å². The van der Waals surface area contributed by atoms with Gasteiger partial charge in [0.15, 0.2) is 0 Å². The lowest BCUT2D eigenvalue weighted by Gasteiger charge is -2.12. The lowest BCUT2D eigenvalue weighted by Crippen LogP contribution is -2.30. The van der Waals surface area contributed by atoms with Gasteiger partial charge < -0.3 is 0 Å². The number of carbonyl (C=O) groups is 2. The molecule has 2 aromatic rings. The smallest absolute Gasteiger partial charge is 0.259 e. The van der Waals surface area contributed by atoms with E-state index in [1.165, 1.54) is 18.3 Å². The van der Waals surface area contributed by atoms with Gasteiger partial charge in [-0.25, -0.2) is 9.88 Å². The number of pyridine rings is 1. The van der Waals surface area contributed by atoms with E-state index in [-0.39, 0.29) is 11.8 Å². The van der Waals surface area contributed by atoms with Crippen LogP contribution in [0, 0.1) is 0 Å². The molecule has 1 aliphatic rings. The molecule has 2 amide bonds. The minimum absolute atomic E-state index is 0.337. The van der Waals surface area contributed by atoms with Gasteiger partial charge in [0.2, 0.25) is 0 Å². The Bertz CT molecular complexity index is 609. The van der Waals surface area contributed by atoms with E-state index in [1.54, 1.807) is 10.6 Å². The molecule has 2 aromatic heterocycles. The zero-order chi connectivity index (χ0) is 11.1. The van der Waals surface area contributed by atoms with Crippen LogP contribution in [0.4, 0.5) is 5.82 Å². The zero-order valence-electron chi connectivity index (χ0n) is 8.20. The molecule has 5 heteroatoms. The first-order chi connectivity index (χ1) is 7.77. The number of imide groups is 1. The molecule has 3 heterocycles. The fraction of sp³-hybridized carbons (Fsp3) is 0. The summed E-state index contributed by atoms with van der Waals surface area (Å²) in [7, 11) is 0. The molecule has 0 radical (unpaired) electrons. The lowest BCUT2D eigenvalue weighted by molar-refractivity contribution is -0.120. The third-order valence-corrected chi connectivity index (χ3v) is 2.44. The summed E-state index contributed by atoms with van der Waals surface area (Å²) in [5.41, 5.74) is 0.699. The summed E-state index contributed by atoms with van der Waals surface area (Å²) in [5, 5.41) is 0. The number of anilines is 1. The monoisotopic (exact) mass is 213 g/mol. The van der Waals surface area contributed by atoms with Crippen LogP contribution in [0.15, 0.2) is 42.7 Å². The van der Waals surface area contributed by atoms with Gasteiger partial charge in [0.05, 0.1) is 6.20 Å². The predicted octanol–water partition coefficient (Wildman–Crippen LogP) is 0.764. The highest BCUT2D eigenvalue weighted by Crippen LogP contribution is 2.19. The summed E-state index contributed by atoms with van der Waals surface area (Å²) in [6.07, 6.45) is 5.78. The molecule has 0 N–H and O–H groups in total. The SMILES string of the molecule is O=C1C=CC(=O)N1c1cnc2ccccn12. The van der Waals surface area contributed by atoms with E-state index >= 15 is 0 Å². The Morgan fingerprint density at radius 1 is 1.06 bits per heavy atom. The van der Waals surface area contributed by atoms with Crippen LogP contribution in [0.2, 0.25) is 0 Å². The second kappa shape index (κ2) is 3.03. The Labute approximate surface area is 90.6 Å². The maximum Gasteiger partial charge on any atom is 0.259 e. The van der Waals surface area contributed by atoms with Crippen molar-refractivity contribution < 1.29 is 9.59 Å². The van der Waals surface area contributed by atoms with E-state index < -0.39 is 0 Å². The Morgan fingerprint density at radius 2 is 1.81 bits per heavy atom. The van der Waals surface area contributed by atoms with E-state index in [2.05, 4.69) is 4.98 Å². The molecule has 78 valence electrons.